The van der Waals surface area contributed by atoms with Gasteiger partial charge in [0, 0.05) is 30.9 Å². The van der Waals surface area contributed by atoms with Crippen LogP contribution < -0.4 is 0 Å². The SMILES string of the molecule is O=C(c1ccn[nH]1)N1CCC[C@@H](Cc2cccc3cccnc23)CC1. The summed E-state index contributed by atoms with van der Waals surface area (Å²) in [6.07, 6.45) is 7.74. The number of benzene rings is 1. The van der Waals surface area contributed by atoms with Gasteiger partial charge in [0.25, 0.3) is 5.91 Å². The van der Waals surface area contributed by atoms with Gasteiger partial charge in [0.15, 0.2) is 0 Å². The summed E-state index contributed by atoms with van der Waals surface area (Å²) in [6, 6.07) is 12.3. The number of carbonyl (C=O) groups is 1. The average Bonchev–Trinajstić information content (AvgIpc) is 3.09. The second-order valence-corrected chi connectivity index (χ2v) is 6.76. The summed E-state index contributed by atoms with van der Waals surface area (Å²) < 4.78 is 0. The Balaban J connectivity index is 1.45. The van der Waals surface area contributed by atoms with Crippen LogP contribution in [0.4, 0.5) is 0 Å². The first-order valence-corrected chi connectivity index (χ1v) is 8.92. The molecule has 0 saturated carbocycles. The van der Waals surface area contributed by atoms with Crippen molar-refractivity contribution in [3.8, 4) is 0 Å². The number of aromatic nitrogens is 3. The van der Waals surface area contributed by atoms with Crippen LogP contribution in [0.1, 0.15) is 35.3 Å². The van der Waals surface area contributed by atoms with Gasteiger partial charge >= 0.3 is 0 Å². The van der Waals surface area contributed by atoms with Gasteiger partial charge in [-0.1, -0.05) is 24.3 Å². The number of nitrogens with zero attached hydrogens (tertiary/aromatic N) is 3. The van der Waals surface area contributed by atoms with Gasteiger partial charge in [0.2, 0.25) is 0 Å². The number of hydrogen-bond donors (Lipinski definition) is 1. The Labute approximate surface area is 147 Å². The maximum atomic E-state index is 12.5. The van der Waals surface area contributed by atoms with Crippen molar-refractivity contribution in [2.45, 2.75) is 25.7 Å². The summed E-state index contributed by atoms with van der Waals surface area (Å²) in [5.41, 5.74) is 3.01. The van der Waals surface area contributed by atoms with Gasteiger partial charge in [-0.2, -0.15) is 5.10 Å². The smallest absolute Gasteiger partial charge is 0.271 e. The van der Waals surface area contributed by atoms with Crippen LogP contribution in [0, 0.1) is 5.92 Å². The van der Waals surface area contributed by atoms with Crippen molar-refractivity contribution >= 4 is 16.8 Å². The molecule has 0 bridgehead atoms. The van der Waals surface area contributed by atoms with E-state index < -0.39 is 0 Å². The lowest BCUT2D eigenvalue weighted by atomic mass is 9.91. The molecule has 3 heterocycles. The van der Waals surface area contributed by atoms with Crippen LogP contribution in [0.5, 0.6) is 0 Å². The number of nitrogens with one attached hydrogen (secondary N) is 1. The van der Waals surface area contributed by atoms with Crippen molar-refractivity contribution in [1.82, 2.24) is 20.1 Å². The van der Waals surface area contributed by atoms with Crippen LogP contribution in [0.2, 0.25) is 0 Å². The van der Waals surface area contributed by atoms with E-state index in [1.165, 1.54) is 10.9 Å². The third kappa shape index (κ3) is 3.40. The minimum atomic E-state index is 0.0602. The second-order valence-electron chi connectivity index (χ2n) is 6.76. The van der Waals surface area contributed by atoms with Crippen molar-refractivity contribution in [2.24, 2.45) is 5.92 Å². The zero-order valence-electron chi connectivity index (χ0n) is 14.2. The Bertz CT molecular complexity index is 854. The first kappa shape index (κ1) is 15.8. The van der Waals surface area contributed by atoms with Crippen LogP contribution in [0.25, 0.3) is 10.9 Å². The van der Waals surface area contributed by atoms with Gasteiger partial charge in [0.05, 0.1) is 5.52 Å². The molecular formula is C20H22N4O. The van der Waals surface area contributed by atoms with Crippen molar-refractivity contribution in [3.05, 3.63) is 60.0 Å². The number of H-pyrrole nitrogens is 1. The van der Waals surface area contributed by atoms with Gasteiger partial charge < -0.3 is 4.90 Å². The third-order valence-corrected chi connectivity index (χ3v) is 5.09. The summed E-state index contributed by atoms with van der Waals surface area (Å²) in [6.45, 7) is 1.63. The number of aromatic amines is 1. The largest absolute Gasteiger partial charge is 0.337 e. The molecule has 1 N–H and O–H groups in total. The Morgan fingerprint density at radius 2 is 2.04 bits per heavy atom. The Kier molecular flexibility index (Phi) is 4.46. The van der Waals surface area contributed by atoms with Crippen molar-refractivity contribution in [2.75, 3.05) is 13.1 Å². The highest BCUT2D eigenvalue weighted by atomic mass is 16.2. The van der Waals surface area contributed by atoms with Gasteiger partial charge in [-0.15, -0.1) is 0 Å². The maximum absolute atomic E-state index is 12.5. The van der Waals surface area contributed by atoms with E-state index in [0.717, 1.165) is 44.3 Å². The van der Waals surface area contributed by atoms with E-state index in [2.05, 4.69) is 39.4 Å². The molecule has 2 aromatic heterocycles. The number of amides is 1. The molecule has 0 radical (unpaired) electrons. The highest BCUT2D eigenvalue weighted by Crippen LogP contribution is 2.25. The van der Waals surface area contributed by atoms with E-state index >= 15 is 0 Å². The highest BCUT2D eigenvalue weighted by molar-refractivity contribution is 5.92. The molecule has 1 saturated heterocycles. The number of fused-ring (bicyclic) bond motifs is 1. The number of hydrogen-bond acceptors (Lipinski definition) is 3. The molecule has 5 nitrogen and oxygen atoms in total. The van der Waals surface area contributed by atoms with E-state index in [4.69, 9.17) is 0 Å². The van der Waals surface area contributed by atoms with Crippen LogP contribution in [-0.4, -0.2) is 39.1 Å². The van der Waals surface area contributed by atoms with Crippen molar-refractivity contribution < 1.29 is 4.79 Å². The molecule has 1 aliphatic rings. The van der Waals surface area contributed by atoms with E-state index in [1.807, 2.05) is 17.2 Å². The molecule has 0 unspecified atom stereocenters. The molecule has 1 aliphatic heterocycles. The monoisotopic (exact) mass is 334 g/mol. The van der Waals surface area contributed by atoms with Crippen LogP contribution >= 0.6 is 0 Å². The third-order valence-electron chi connectivity index (χ3n) is 5.09. The Hall–Kier alpha value is -2.69. The van der Waals surface area contributed by atoms with Crippen molar-refractivity contribution in [3.63, 3.8) is 0 Å². The normalized spacial score (nSPS) is 18.2. The predicted molar refractivity (Wildman–Crippen MR) is 97.3 cm³/mol. The topological polar surface area (TPSA) is 61.9 Å². The Morgan fingerprint density at radius 3 is 2.92 bits per heavy atom. The number of rotatable bonds is 3. The maximum Gasteiger partial charge on any atom is 0.271 e. The quantitative estimate of drug-likeness (QED) is 0.798. The number of para-hydroxylation sites is 1. The Morgan fingerprint density at radius 1 is 1.12 bits per heavy atom. The number of pyridine rings is 1. The summed E-state index contributed by atoms with van der Waals surface area (Å²) in [7, 11) is 0. The van der Waals surface area contributed by atoms with Crippen LogP contribution in [0.15, 0.2) is 48.8 Å². The summed E-state index contributed by atoms with van der Waals surface area (Å²) in [5, 5.41) is 7.86. The van der Waals surface area contributed by atoms with Crippen molar-refractivity contribution in [1.29, 1.82) is 0 Å². The lowest BCUT2D eigenvalue weighted by molar-refractivity contribution is 0.0754. The molecule has 25 heavy (non-hydrogen) atoms. The fraction of sp³-hybridized carbons (Fsp3) is 0.350. The fourth-order valence-electron chi connectivity index (χ4n) is 3.76. The molecule has 4 rings (SSSR count). The van der Waals surface area contributed by atoms with Gasteiger partial charge in [-0.05, 0) is 49.3 Å². The van der Waals surface area contributed by atoms with Gasteiger partial charge in [0.1, 0.15) is 5.69 Å². The van der Waals surface area contributed by atoms with Crippen LogP contribution in [0.3, 0.4) is 0 Å². The lowest BCUT2D eigenvalue weighted by Crippen LogP contribution is -2.32. The minimum Gasteiger partial charge on any atom is -0.337 e. The summed E-state index contributed by atoms with van der Waals surface area (Å²) in [5.74, 6) is 0.650. The molecule has 3 aromatic rings. The summed E-state index contributed by atoms with van der Waals surface area (Å²) in [4.78, 5) is 19.0. The van der Waals surface area contributed by atoms with E-state index in [9.17, 15) is 4.79 Å². The molecule has 0 aliphatic carbocycles. The molecule has 1 aromatic carbocycles. The first-order valence-electron chi connectivity index (χ1n) is 8.92. The highest BCUT2D eigenvalue weighted by Gasteiger charge is 2.22. The molecule has 1 atom stereocenters. The second kappa shape index (κ2) is 7.05. The standard InChI is InChI=1S/C20H22N4O/c25-20(18-8-11-22-23-18)24-12-3-4-15(9-13-24)14-17-6-1-5-16-7-2-10-21-19(16)17/h1-2,5-8,10-11,15H,3-4,9,12-14H2,(H,22,23)/t15-/m1/s1. The van der Waals surface area contributed by atoms with E-state index in [1.54, 1.807) is 12.3 Å². The molecular weight excluding hydrogens is 312 g/mol. The zero-order chi connectivity index (χ0) is 17.1. The van der Waals surface area contributed by atoms with E-state index in [-0.39, 0.29) is 5.91 Å². The predicted octanol–water partition coefficient (Wildman–Crippen LogP) is 3.44. The molecule has 5 heteroatoms. The minimum absolute atomic E-state index is 0.0602. The molecule has 128 valence electrons. The lowest BCUT2D eigenvalue weighted by Gasteiger charge is -2.20. The fourth-order valence-corrected chi connectivity index (χ4v) is 3.76. The van der Waals surface area contributed by atoms with Gasteiger partial charge in [-0.3, -0.25) is 14.9 Å². The molecule has 1 amide bonds. The van der Waals surface area contributed by atoms with Crippen LogP contribution in [-0.2, 0) is 6.42 Å². The molecule has 0 spiro atoms. The van der Waals surface area contributed by atoms with E-state index in [0.29, 0.717) is 11.6 Å². The summed E-state index contributed by atoms with van der Waals surface area (Å²) >= 11 is 0. The van der Waals surface area contributed by atoms with Gasteiger partial charge in [-0.25, -0.2) is 0 Å². The number of likely N-dealkylation sites (tertiary alicyclic amines) is 1. The average molecular weight is 334 g/mol. The zero-order valence-corrected chi connectivity index (χ0v) is 14.2. The molecule has 1 fully saturated rings. The number of carbonyl (C=O) groups excluding carboxylic acids is 1. The first-order chi connectivity index (χ1) is 12.3.